The molecule has 2 aromatic carbocycles. The SMILES string of the molecule is O=C(Nc1cc(Cl)ccc1OCC(F)(F)F)c1ccc(F)cc1. The minimum absolute atomic E-state index is 0.0175. The molecule has 0 saturated carbocycles. The van der Waals surface area contributed by atoms with Gasteiger partial charge in [0.05, 0.1) is 5.69 Å². The third-order valence-corrected chi connectivity index (χ3v) is 2.92. The number of nitrogens with one attached hydrogen (secondary N) is 1. The Labute approximate surface area is 133 Å². The van der Waals surface area contributed by atoms with Crippen LogP contribution in [0.4, 0.5) is 23.2 Å². The van der Waals surface area contributed by atoms with Crippen molar-refractivity contribution in [3.8, 4) is 5.75 Å². The zero-order valence-corrected chi connectivity index (χ0v) is 12.2. The Morgan fingerprint density at radius 2 is 1.78 bits per heavy atom. The number of carbonyl (C=O) groups is 1. The van der Waals surface area contributed by atoms with Gasteiger partial charge in [-0.15, -0.1) is 0 Å². The molecule has 0 bridgehead atoms. The zero-order valence-electron chi connectivity index (χ0n) is 11.5. The third kappa shape index (κ3) is 5.14. The molecule has 0 aliphatic rings. The van der Waals surface area contributed by atoms with Crippen molar-refractivity contribution in [1.82, 2.24) is 0 Å². The summed E-state index contributed by atoms with van der Waals surface area (Å²) in [5.74, 6) is -1.33. The molecule has 0 atom stereocenters. The summed E-state index contributed by atoms with van der Waals surface area (Å²) in [6.07, 6.45) is -4.52. The lowest BCUT2D eigenvalue weighted by atomic mass is 10.2. The van der Waals surface area contributed by atoms with Gasteiger partial charge in [-0.3, -0.25) is 4.79 Å². The van der Waals surface area contributed by atoms with E-state index in [2.05, 4.69) is 10.1 Å². The number of amides is 1. The lowest BCUT2D eigenvalue weighted by molar-refractivity contribution is -0.153. The van der Waals surface area contributed by atoms with Crippen LogP contribution >= 0.6 is 11.6 Å². The molecule has 0 radical (unpaired) electrons. The van der Waals surface area contributed by atoms with Crippen LogP contribution in [-0.4, -0.2) is 18.7 Å². The first kappa shape index (κ1) is 17.1. The van der Waals surface area contributed by atoms with Crippen LogP contribution in [0.5, 0.6) is 5.75 Å². The Morgan fingerprint density at radius 1 is 1.13 bits per heavy atom. The summed E-state index contributed by atoms with van der Waals surface area (Å²) in [7, 11) is 0. The standard InChI is InChI=1S/C15H10ClF4NO2/c16-10-3-6-13(23-8-15(18,19)20)12(7-10)21-14(22)9-1-4-11(17)5-2-9/h1-7H,8H2,(H,21,22). The Balaban J connectivity index is 2.19. The van der Waals surface area contributed by atoms with E-state index in [4.69, 9.17) is 11.6 Å². The van der Waals surface area contributed by atoms with Gasteiger partial charge < -0.3 is 10.1 Å². The van der Waals surface area contributed by atoms with E-state index in [9.17, 15) is 22.4 Å². The number of ether oxygens (including phenoxy) is 1. The summed E-state index contributed by atoms with van der Waals surface area (Å²) in [6, 6.07) is 8.47. The Kier molecular flexibility index (Phi) is 5.10. The van der Waals surface area contributed by atoms with Gasteiger partial charge in [0, 0.05) is 10.6 Å². The molecule has 0 aliphatic heterocycles. The number of alkyl halides is 3. The Bertz CT molecular complexity index is 702. The first-order valence-electron chi connectivity index (χ1n) is 6.30. The number of rotatable bonds is 4. The molecule has 0 saturated heterocycles. The maximum Gasteiger partial charge on any atom is 0.422 e. The smallest absolute Gasteiger partial charge is 0.422 e. The van der Waals surface area contributed by atoms with Gasteiger partial charge in [0.1, 0.15) is 11.6 Å². The van der Waals surface area contributed by atoms with Crippen LogP contribution in [0.1, 0.15) is 10.4 Å². The van der Waals surface area contributed by atoms with Crippen molar-refractivity contribution < 1.29 is 27.1 Å². The fourth-order valence-corrected chi connectivity index (χ4v) is 1.85. The van der Waals surface area contributed by atoms with E-state index >= 15 is 0 Å². The topological polar surface area (TPSA) is 38.3 Å². The van der Waals surface area contributed by atoms with Crippen molar-refractivity contribution >= 4 is 23.2 Å². The number of benzene rings is 2. The highest BCUT2D eigenvalue weighted by molar-refractivity contribution is 6.31. The summed E-state index contributed by atoms with van der Waals surface area (Å²) in [5.41, 5.74) is 0.115. The van der Waals surface area contributed by atoms with E-state index in [1.54, 1.807) is 0 Å². The van der Waals surface area contributed by atoms with Crippen molar-refractivity contribution in [2.75, 3.05) is 11.9 Å². The lowest BCUT2D eigenvalue weighted by Gasteiger charge is -2.14. The number of halogens is 5. The highest BCUT2D eigenvalue weighted by Crippen LogP contribution is 2.30. The van der Waals surface area contributed by atoms with Crippen LogP contribution in [0.25, 0.3) is 0 Å². The zero-order chi connectivity index (χ0) is 17.0. The number of carbonyl (C=O) groups excluding carboxylic acids is 1. The van der Waals surface area contributed by atoms with Gasteiger partial charge in [-0.2, -0.15) is 13.2 Å². The van der Waals surface area contributed by atoms with E-state index in [-0.39, 0.29) is 22.0 Å². The van der Waals surface area contributed by atoms with Gasteiger partial charge in [-0.25, -0.2) is 4.39 Å². The van der Waals surface area contributed by atoms with E-state index in [1.165, 1.54) is 30.3 Å². The van der Waals surface area contributed by atoms with E-state index < -0.39 is 24.5 Å². The van der Waals surface area contributed by atoms with E-state index in [0.29, 0.717) is 0 Å². The van der Waals surface area contributed by atoms with E-state index in [1.807, 2.05) is 0 Å². The largest absolute Gasteiger partial charge is 0.482 e. The Hall–Kier alpha value is -2.28. The molecular formula is C15H10ClF4NO2. The van der Waals surface area contributed by atoms with Gasteiger partial charge in [-0.1, -0.05) is 11.6 Å². The minimum atomic E-state index is -4.52. The second kappa shape index (κ2) is 6.87. The second-order valence-corrected chi connectivity index (χ2v) is 4.94. The summed E-state index contributed by atoms with van der Waals surface area (Å²) in [6.45, 7) is -1.51. The van der Waals surface area contributed by atoms with Crippen molar-refractivity contribution in [2.45, 2.75) is 6.18 Å². The molecule has 0 heterocycles. The summed E-state index contributed by atoms with van der Waals surface area (Å²) < 4.78 is 54.2. The molecule has 0 fully saturated rings. The normalized spacial score (nSPS) is 11.2. The van der Waals surface area contributed by atoms with Gasteiger partial charge in [0.2, 0.25) is 0 Å². The number of anilines is 1. The Morgan fingerprint density at radius 3 is 2.39 bits per heavy atom. The maximum atomic E-state index is 12.8. The first-order valence-corrected chi connectivity index (χ1v) is 6.68. The molecule has 0 spiro atoms. The molecule has 8 heteroatoms. The summed E-state index contributed by atoms with van der Waals surface area (Å²) in [4.78, 5) is 12.0. The van der Waals surface area contributed by atoms with Crippen LogP contribution in [0.15, 0.2) is 42.5 Å². The molecule has 23 heavy (non-hydrogen) atoms. The predicted octanol–water partition coefficient (Wildman–Crippen LogP) is 4.67. The molecule has 0 aromatic heterocycles. The number of hydrogen-bond donors (Lipinski definition) is 1. The van der Waals surface area contributed by atoms with Crippen LogP contribution in [0, 0.1) is 5.82 Å². The van der Waals surface area contributed by atoms with Crippen LogP contribution < -0.4 is 10.1 Å². The highest BCUT2D eigenvalue weighted by Gasteiger charge is 2.29. The van der Waals surface area contributed by atoms with Crippen LogP contribution in [-0.2, 0) is 0 Å². The monoisotopic (exact) mass is 347 g/mol. The predicted molar refractivity (Wildman–Crippen MR) is 77.4 cm³/mol. The number of hydrogen-bond acceptors (Lipinski definition) is 2. The fraction of sp³-hybridized carbons (Fsp3) is 0.133. The molecule has 1 N–H and O–H groups in total. The van der Waals surface area contributed by atoms with Crippen molar-refractivity contribution in [3.63, 3.8) is 0 Å². The fourth-order valence-electron chi connectivity index (χ4n) is 1.68. The summed E-state index contributed by atoms with van der Waals surface area (Å²) in [5, 5.41) is 2.59. The van der Waals surface area contributed by atoms with Gasteiger partial charge in [0.25, 0.3) is 5.91 Å². The summed E-state index contributed by atoms with van der Waals surface area (Å²) >= 11 is 5.78. The average molecular weight is 348 g/mol. The average Bonchev–Trinajstić information content (AvgIpc) is 2.46. The first-order chi connectivity index (χ1) is 10.7. The third-order valence-electron chi connectivity index (χ3n) is 2.69. The molecule has 1 amide bonds. The quantitative estimate of drug-likeness (QED) is 0.816. The van der Waals surface area contributed by atoms with Crippen molar-refractivity contribution in [2.24, 2.45) is 0 Å². The molecule has 0 aliphatic carbocycles. The van der Waals surface area contributed by atoms with Gasteiger partial charge in [-0.05, 0) is 42.5 Å². The second-order valence-electron chi connectivity index (χ2n) is 4.51. The molecule has 3 nitrogen and oxygen atoms in total. The molecule has 0 unspecified atom stereocenters. The van der Waals surface area contributed by atoms with Crippen molar-refractivity contribution in [3.05, 3.63) is 58.9 Å². The minimum Gasteiger partial charge on any atom is -0.482 e. The van der Waals surface area contributed by atoms with Crippen molar-refractivity contribution in [1.29, 1.82) is 0 Å². The van der Waals surface area contributed by atoms with Crippen LogP contribution in [0.3, 0.4) is 0 Å². The molecular weight excluding hydrogens is 338 g/mol. The molecule has 122 valence electrons. The van der Waals surface area contributed by atoms with Gasteiger partial charge in [0.15, 0.2) is 6.61 Å². The molecule has 2 aromatic rings. The lowest BCUT2D eigenvalue weighted by Crippen LogP contribution is -2.20. The maximum absolute atomic E-state index is 12.8. The highest BCUT2D eigenvalue weighted by atomic mass is 35.5. The molecule has 2 rings (SSSR count). The van der Waals surface area contributed by atoms with E-state index in [0.717, 1.165) is 12.1 Å². The van der Waals surface area contributed by atoms with Crippen LogP contribution in [0.2, 0.25) is 5.02 Å². The van der Waals surface area contributed by atoms with Gasteiger partial charge >= 0.3 is 6.18 Å².